The van der Waals surface area contributed by atoms with Crippen molar-refractivity contribution in [3.05, 3.63) is 120 Å². The number of hydrogen-bond acceptors (Lipinski definition) is 4. The zero-order chi connectivity index (χ0) is 26.7. The molecule has 0 amide bonds. The smallest absolute Gasteiger partial charge is 0.125 e. The predicted octanol–water partition coefficient (Wildman–Crippen LogP) is 8.52. The molecule has 4 nitrogen and oxygen atoms in total. The average Bonchev–Trinajstić information content (AvgIpc) is 3.17. The van der Waals surface area contributed by atoms with Crippen molar-refractivity contribution in [2.75, 3.05) is 0 Å². The largest absolute Gasteiger partial charge is 0.507 e. The van der Waals surface area contributed by atoms with E-state index < -0.39 is 0 Å². The molecular weight excluding hydrogens is 675 g/mol. The normalized spacial score (nSPS) is 13.3. The molecule has 6 aromatic rings. The monoisotopic (exact) mass is 701 g/mol. The number of aromatic nitrogens is 1. The summed E-state index contributed by atoms with van der Waals surface area (Å²) in [6.07, 6.45) is 1.72. The van der Waals surface area contributed by atoms with Crippen LogP contribution in [0.25, 0.3) is 43.9 Å². The van der Waals surface area contributed by atoms with Crippen molar-refractivity contribution >= 4 is 33.4 Å². The van der Waals surface area contributed by atoms with Gasteiger partial charge in [0, 0.05) is 42.8 Å². The molecule has 0 saturated heterocycles. The van der Waals surface area contributed by atoms with Crippen LogP contribution >= 0.6 is 0 Å². The number of phenols is 2. The standard InChI is InChI=1S/C35H26N2O2.Pt/c1-35(2)28-14-6-5-13-25(28)26-18-27(32(39)19-29(26)35)34-24-12-4-3-9-22(24)17-23(37-34)20-36-30-15-7-10-21-11-8-16-31(38)33(21)30;/h3-20,38-39H,1-2H3;. The Bertz CT molecular complexity index is 1970. The van der Waals surface area contributed by atoms with E-state index in [1.807, 2.05) is 66.7 Å². The van der Waals surface area contributed by atoms with Crippen LogP contribution in [0, 0.1) is 0 Å². The Morgan fingerprint density at radius 1 is 0.675 bits per heavy atom. The Morgan fingerprint density at radius 3 is 2.25 bits per heavy atom. The molecule has 0 spiro atoms. The third kappa shape index (κ3) is 4.03. The number of phenolic OH excluding ortho intramolecular Hbond substituents is 2. The summed E-state index contributed by atoms with van der Waals surface area (Å²) in [7, 11) is 0. The van der Waals surface area contributed by atoms with Gasteiger partial charge < -0.3 is 10.2 Å². The number of aliphatic imine (C=N–C) groups is 1. The summed E-state index contributed by atoms with van der Waals surface area (Å²) in [5, 5.41) is 25.4. The summed E-state index contributed by atoms with van der Waals surface area (Å²) in [4.78, 5) is 9.72. The number of nitrogens with zero attached hydrogens (tertiary/aromatic N) is 2. The molecule has 0 saturated carbocycles. The van der Waals surface area contributed by atoms with Crippen LogP contribution in [0.4, 0.5) is 5.69 Å². The molecule has 2 N–H and O–H groups in total. The van der Waals surface area contributed by atoms with Crippen molar-refractivity contribution in [2.24, 2.45) is 4.99 Å². The molecule has 7 rings (SSSR count). The van der Waals surface area contributed by atoms with Crippen LogP contribution in [0.5, 0.6) is 11.5 Å². The third-order valence-electron chi connectivity index (χ3n) is 7.91. The molecule has 0 radical (unpaired) electrons. The fourth-order valence-corrected chi connectivity index (χ4v) is 5.96. The van der Waals surface area contributed by atoms with Gasteiger partial charge in [0.2, 0.25) is 0 Å². The quantitative estimate of drug-likeness (QED) is 0.182. The third-order valence-corrected chi connectivity index (χ3v) is 7.91. The first-order valence-corrected chi connectivity index (χ1v) is 13.0. The number of benzene rings is 5. The van der Waals surface area contributed by atoms with Gasteiger partial charge in [-0.1, -0.05) is 86.6 Å². The van der Waals surface area contributed by atoms with Crippen LogP contribution in [0.2, 0.25) is 0 Å². The summed E-state index contributed by atoms with van der Waals surface area (Å²) < 4.78 is 0. The van der Waals surface area contributed by atoms with Crippen molar-refractivity contribution in [2.45, 2.75) is 19.3 Å². The van der Waals surface area contributed by atoms with E-state index in [0.717, 1.165) is 27.3 Å². The zero-order valence-corrected chi connectivity index (χ0v) is 24.3. The Hall–Kier alpha value is -4.27. The van der Waals surface area contributed by atoms with E-state index in [9.17, 15) is 10.2 Å². The molecule has 5 aromatic carbocycles. The second-order valence-electron chi connectivity index (χ2n) is 10.6. The fourth-order valence-electron chi connectivity index (χ4n) is 5.96. The van der Waals surface area contributed by atoms with Crippen molar-refractivity contribution in [3.63, 3.8) is 0 Å². The van der Waals surface area contributed by atoms with Gasteiger partial charge in [-0.3, -0.25) is 4.99 Å². The van der Waals surface area contributed by atoms with E-state index in [1.54, 1.807) is 12.3 Å². The summed E-state index contributed by atoms with van der Waals surface area (Å²) in [5.41, 5.74) is 7.22. The number of hydrogen-bond donors (Lipinski definition) is 2. The molecule has 1 aliphatic rings. The predicted molar refractivity (Wildman–Crippen MR) is 159 cm³/mol. The molecule has 0 bridgehead atoms. The molecule has 1 aliphatic carbocycles. The van der Waals surface area contributed by atoms with E-state index in [0.29, 0.717) is 28.0 Å². The summed E-state index contributed by atoms with van der Waals surface area (Å²) in [6.45, 7) is 4.40. The molecule has 0 fully saturated rings. The van der Waals surface area contributed by atoms with Gasteiger partial charge in [0.05, 0.1) is 23.3 Å². The first kappa shape index (κ1) is 26.0. The van der Waals surface area contributed by atoms with Gasteiger partial charge in [0.25, 0.3) is 0 Å². The molecule has 40 heavy (non-hydrogen) atoms. The molecule has 5 heteroatoms. The molecule has 198 valence electrons. The summed E-state index contributed by atoms with van der Waals surface area (Å²) in [5.74, 6) is 0.402. The van der Waals surface area contributed by atoms with Crippen LogP contribution in [0.1, 0.15) is 30.7 Å². The number of fused-ring (bicyclic) bond motifs is 5. The second kappa shape index (κ2) is 9.73. The van der Waals surface area contributed by atoms with Gasteiger partial charge in [-0.15, -0.1) is 0 Å². The number of aromatic hydroxyl groups is 2. The number of pyridine rings is 1. The van der Waals surface area contributed by atoms with Gasteiger partial charge in [0.1, 0.15) is 11.5 Å². The summed E-state index contributed by atoms with van der Waals surface area (Å²) >= 11 is 0. The number of rotatable bonds is 3. The average molecular weight is 702 g/mol. The van der Waals surface area contributed by atoms with E-state index in [2.05, 4.69) is 44.2 Å². The van der Waals surface area contributed by atoms with Gasteiger partial charge in [-0.05, 0) is 63.4 Å². The van der Waals surface area contributed by atoms with Crippen LogP contribution in [0.3, 0.4) is 0 Å². The van der Waals surface area contributed by atoms with Crippen molar-refractivity contribution in [1.29, 1.82) is 0 Å². The molecule has 0 atom stereocenters. The maximum Gasteiger partial charge on any atom is 0.125 e. The Labute approximate surface area is 247 Å². The first-order chi connectivity index (χ1) is 18.9. The van der Waals surface area contributed by atoms with Crippen molar-refractivity contribution in [3.8, 4) is 33.9 Å². The van der Waals surface area contributed by atoms with Crippen molar-refractivity contribution < 1.29 is 31.3 Å². The topological polar surface area (TPSA) is 65.7 Å². The van der Waals surface area contributed by atoms with Gasteiger partial charge in [-0.2, -0.15) is 0 Å². The van der Waals surface area contributed by atoms with Crippen molar-refractivity contribution in [1.82, 2.24) is 4.98 Å². The zero-order valence-electron chi connectivity index (χ0n) is 22.0. The fraction of sp³-hybridized carbons (Fsp3) is 0.0857. The van der Waals surface area contributed by atoms with E-state index in [4.69, 9.17) is 9.98 Å². The Kier molecular flexibility index (Phi) is 6.32. The van der Waals surface area contributed by atoms with Gasteiger partial charge >= 0.3 is 0 Å². The van der Waals surface area contributed by atoms with Gasteiger partial charge in [0.15, 0.2) is 0 Å². The van der Waals surface area contributed by atoms with E-state index in [1.165, 1.54) is 11.1 Å². The second-order valence-corrected chi connectivity index (χ2v) is 10.6. The maximum absolute atomic E-state index is 11.3. The molecular formula is C35H26N2O2Pt. The minimum atomic E-state index is -0.198. The van der Waals surface area contributed by atoms with E-state index in [-0.39, 0.29) is 38.0 Å². The maximum atomic E-state index is 11.3. The summed E-state index contributed by atoms with van der Waals surface area (Å²) in [6, 6.07) is 33.7. The van der Waals surface area contributed by atoms with Crippen LogP contribution in [-0.2, 0) is 26.5 Å². The Morgan fingerprint density at radius 2 is 1.40 bits per heavy atom. The molecule has 0 unspecified atom stereocenters. The van der Waals surface area contributed by atoms with Crippen LogP contribution in [0.15, 0.2) is 108 Å². The molecule has 1 aromatic heterocycles. The SMILES string of the molecule is CC1(C)c2ccccc2-c2cc(-c3nc(C=Nc4cccc5cccc(O)c45)cc4ccccc34)c(O)cc21.[Pt]. The van der Waals surface area contributed by atoms with Gasteiger partial charge in [-0.25, -0.2) is 4.98 Å². The van der Waals surface area contributed by atoms with Crippen LogP contribution < -0.4 is 0 Å². The molecule has 0 aliphatic heterocycles. The van der Waals surface area contributed by atoms with Crippen LogP contribution in [-0.4, -0.2) is 21.4 Å². The van der Waals surface area contributed by atoms with E-state index >= 15 is 0 Å². The molecule has 1 heterocycles. The first-order valence-electron chi connectivity index (χ1n) is 13.0. The minimum absolute atomic E-state index is 0. The minimum Gasteiger partial charge on any atom is -0.507 e. The Balaban J connectivity index is 0.00000289.